The summed E-state index contributed by atoms with van der Waals surface area (Å²) in [7, 11) is -10.3. The summed E-state index contributed by atoms with van der Waals surface area (Å²) in [6, 6.07) is 0. The van der Waals surface area contributed by atoms with E-state index in [0.717, 1.165) is 19.3 Å². The minimum atomic E-state index is -5.31. The van der Waals surface area contributed by atoms with E-state index >= 15 is 0 Å². The number of phosphoric ester groups is 1. The third kappa shape index (κ3) is 22.3. The van der Waals surface area contributed by atoms with Crippen molar-refractivity contribution in [2.24, 2.45) is 0 Å². The second-order valence-electron chi connectivity index (χ2n) is 4.31. The van der Waals surface area contributed by atoms with E-state index in [2.05, 4.69) is 15.8 Å². The van der Waals surface area contributed by atoms with Crippen LogP contribution in [0.4, 0.5) is 0 Å². The standard InChI is InChI=1S/C10H24O7P2.2Na/c1-2-3-4-5-6-7-8-9-10-16-19(14,15)17-18(11,12)13;;/h2-10H2,1H3,(H,14,15)(H2,11,12,13);;/q;2*+1/p-2. The van der Waals surface area contributed by atoms with Gasteiger partial charge in [0.1, 0.15) is 0 Å². The van der Waals surface area contributed by atoms with Crippen LogP contribution >= 0.6 is 15.6 Å². The fourth-order valence-corrected chi connectivity index (χ4v) is 3.11. The monoisotopic (exact) mass is 362 g/mol. The molecule has 0 amide bonds. The Morgan fingerprint density at radius 1 is 0.905 bits per heavy atom. The molecule has 0 saturated carbocycles. The van der Waals surface area contributed by atoms with Crippen LogP contribution in [0.25, 0.3) is 0 Å². The summed E-state index contributed by atoms with van der Waals surface area (Å²) < 4.78 is 28.8. The Kier molecular flexibility index (Phi) is 21.1. The molecule has 21 heavy (non-hydrogen) atoms. The first-order chi connectivity index (χ1) is 8.77. The Morgan fingerprint density at radius 2 is 1.33 bits per heavy atom. The molecular weight excluding hydrogens is 340 g/mol. The molecule has 0 aliphatic heterocycles. The van der Waals surface area contributed by atoms with E-state index in [4.69, 9.17) is 4.89 Å². The zero-order valence-corrected chi connectivity index (χ0v) is 18.9. The van der Waals surface area contributed by atoms with Crippen molar-refractivity contribution in [2.45, 2.75) is 58.3 Å². The van der Waals surface area contributed by atoms with Gasteiger partial charge >= 0.3 is 59.1 Å². The average molecular weight is 362 g/mol. The average Bonchev–Trinajstić information content (AvgIpc) is 2.23. The molecule has 0 aliphatic carbocycles. The summed E-state index contributed by atoms with van der Waals surface area (Å²) in [6.45, 7) is 2.00. The number of hydrogen-bond donors (Lipinski definition) is 1. The van der Waals surface area contributed by atoms with Crippen LogP contribution in [0, 0.1) is 0 Å². The summed E-state index contributed by atoms with van der Waals surface area (Å²) in [5.41, 5.74) is 0. The molecule has 0 radical (unpaired) electrons. The van der Waals surface area contributed by atoms with Crippen molar-refractivity contribution in [2.75, 3.05) is 6.61 Å². The minimum absolute atomic E-state index is 0. The smallest absolute Gasteiger partial charge is 0.756 e. The second kappa shape index (κ2) is 15.8. The molecule has 116 valence electrons. The molecule has 11 heteroatoms. The van der Waals surface area contributed by atoms with Gasteiger partial charge < -0.3 is 19.2 Å². The van der Waals surface area contributed by atoms with Crippen LogP contribution in [-0.4, -0.2) is 11.5 Å². The fraction of sp³-hybridized carbons (Fsp3) is 1.00. The topological polar surface area (TPSA) is 119 Å². The van der Waals surface area contributed by atoms with E-state index in [9.17, 15) is 18.9 Å². The maximum atomic E-state index is 10.9. The van der Waals surface area contributed by atoms with Gasteiger partial charge in [-0.1, -0.05) is 51.9 Å². The number of phosphoric acid groups is 2. The van der Waals surface area contributed by atoms with E-state index in [1.807, 2.05) is 0 Å². The van der Waals surface area contributed by atoms with Crippen LogP contribution in [0.5, 0.6) is 0 Å². The molecule has 0 fully saturated rings. The van der Waals surface area contributed by atoms with E-state index in [1.54, 1.807) is 0 Å². The Hall–Kier alpha value is 2.26. The quantitative estimate of drug-likeness (QED) is 0.214. The van der Waals surface area contributed by atoms with Crippen molar-refractivity contribution in [3.8, 4) is 0 Å². The van der Waals surface area contributed by atoms with Gasteiger partial charge in [0, 0.05) is 0 Å². The summed E-state index contributed by atoms with van der Waals surface area (Å²) in [5.74, 6) is 0. The van der Waals surface area contributed by atoms with Crippen molar-refractivity contribution >= 4 is 15.6 Å². The third-order valence-electron chi connectivity index (χ3n) is 2.45. The molecule has 2 unspecified atom stereocenters. The van der Waals surface area contributed by atoms with E-state index < -0.39 is 15.6 Å². The van der Waals surface area contributed by atoms with Gasteiger partial charge in [-0.3, -0.25) is 9.13 Å². The predicted molar refractivity (Wildman–Crippen MR) is 67.1 cm³/mol. The zero-order valence-electron chi connectivity index (χ0n) is 13.2. The Bertz CT molecular complexity index is 325. The van der Waals surface area contributed by atoms with Crippen LogP contribution in [0.2, 0.25) is 0 Å². The molecule has 0 aromatic rings. The van der Waals surface area contributed by atoms with Crippen molar-refractivity contribution in [1.29, 1.82) is 0 Å². The normalized spacial score (nSPS) is 16.2. The number of rotatable bonds is 12. The van der Waals surface area contributed by atoms with Crippen LogP contribution < -0.4 is 68.9 Å². The van der Waals surface area contributed by atoms with Gasteiger partial charge in [0.25, 0.3) is 15.6 Å². The molecule has 1 N–H and O–H groups in total. The maximum absolute atomic E-state index is 10.9. The van der Waals surface area contributed by atoms with E-state index in [-0.39, 0.29) is 65.7 Å². The van der Waals surface area contributed by atoms with E-state index in [1.165, 1.54) is 25.7 Å². The van der Waals surface area contributed by atoms with Crippen LogP contribution in [-0.2, 0) is 18.0 Å². The van der Waals surface area contributed by atoms with Gasteiger partial charge in [-0.2, -0.15) is 0 Å². The molecule has 2 atom stereocenters. The van der Waals surface area contributed by atoms with Crippen LogP contribution in [0.15, 0.2) is 0 Å². The summed E-state index contributed by atoms with van der Waals surface area (Å²) in [6.07, 6.45) is 8.19. The Morgan fingerprint density at radius 3 is 1.76 bits per heavy atom. The van der Waals surface area contributed by atoms with Crippen molar-refractivity contribution in [3.05, 3.63) is 0 Å². The molecule has 0 heterocycles. The molecule has 0 bridgehead atoms. The SMILES string of the molecule is CCCCCCCCCCOP(=O)([O-])OP(=O)([O-])O.[Na+].[Na+]. The first-order valence-corrected chi connectivity index (χ1v) is 9.43. The zero-order chi connectivity index (χ0) is 14.8. The molecular formula is C10H22Na2O7P2. The Balaban J connectivity index is -0.00000162. The van der Waals surface area contributed by atoms with Gasteiger partial charge in [-0.15, -0.1) is 0 Å². The molecule has 0 rings (SSSR count). The molecule has 0 aromatic carbocycles. The molecule has 0 aliphatic rings. The van der Waals surface area contributed by atoms with Gasteiger partial charge in [0.15, 0.2) is 0 Å². The second-order valence-corrected chi connectivity index (χ2v) is 7.05. The largest absolute Gasteiger partial charge is 1.00 e. The summed E-state index contributed by atoms with van der Waals surface area (Å²) in [5, 5.41) is 0. The fourth-order valence-electron chi connectivity index (χ4n) is 1.56. The molecule has 0 aromatic heterocycles. The van der Waals surface area contributed by atoms with Gasteiger partial charge in [-0.05, 0) is 6.42 Å². The number of unbranched alkanes of at least 4 members (excludes halogenated alkanes) is 7. The molecule has 0 spiro atoms. The van der Waals surface area contributed by atoms with Crippen LogP contribution in [0.3, 0.4) is 0 Å². The van der Waals surface area contributed by atoms with Crippen molar-refractivity contribution in [3.63, 3.8) is 0 Å². The predicted octanol–water partition coefficient (Wildman–Crippen LogP) is -3.90. The van der Waals surface area contributed by atoms with E-state index in [0.29, 0.717) is 6.42 Å². The van der Waals surface area contributed by atoms with Gasteiger partial charge in [0.2, 0.25) is 0 Å². The summed E-state index contributed by atoms with van der Waals surface area (Å²) >= 11 is 0. The van der Waals surface area contributed by atoms with Crippen molar-refractivity contribution in [1.82, 2.24) is 0 Å². The molecule has 7 nitrogen and oxygen atoms in total. The van der Waals surface area contributed by atoms with Gasteiger partial charge in [-0.25, -0.2) is 4.31 Å². The maximum Gasteiger partial charge on any atom is 1.00 e. The first-order valence-electron chi connectivity index (χ1n) is 6.47. The first kappa shape index (κ1) is 28.1. The van der Waals surface area contributed by atoms with Gasteiger partial charge in [0.05, 0.1) is 6.61 Å². The Labute approximate surface area is 171 Å². The summed E-state index contributed by atoms with van der Waals surface area (Å²) in [4.78, 5) is 29.3. The molecule has 0 saturated heterocycles. The third-order valence-corrected chi connectivity index (χ3v) is 4.57. The van der Waals surface area contributed by atoms with Crippen molar-refractivity contribution < 1.29 is 91.8 Å². The van der Waals surface area contributed by atoms with Crippen LogP contribution in [0.1, 0.15) is 58.3 Å². The minimum Gasteiger partial charge on any atom is -0.756 e. The number of hydrogen-bond acceptors (Lipinski definition) is 6.